The van der Waals surface area contributed by atoms with E-state index in [0.717, 1.165) is 5.56 Å². The maximum Gasteiger partial charge on any atom is 0.243 e. The molecular formula is C19H29N3O6S2. The fourth-order valence-electron chi connectivity index (χ4n) is 3.64. The fraction of sp³-hybridized carbons (Fsp3) is 0.632. The molecule has 2 aliphatic rings. The summed E-state index contributed by atoms with van der Waals surface area (Å²) in [5.74, 6) is -0.529. The maximum absolute atomic E-state index is 12.7. The van der Waals surface area contributed by atoms with E-state index in [9.17, 15) is 21.6 Å². The van der Waals surface area contributed by atoms with Crippen LogP contribution in [0.1, 0.15) is 25.3 Å². The topological polar surface area (TPSA) is 113 Å². The van der Waals surface area contributed by atoms with E-state index in [0.29, 0.717) is 45.7 Å². The predicted octanol–water partition coefficient (Wildman–Crippen LogP) is 0.385. The standard InChI is InChI=1S/C19H29N3O6S2/c1-2-29(24,25)22-9-3-4-17(15-22)19(23)20-14-16-5-7-18(8-6-16)30(26,27)21-10-12-28-13-11-21/h5-8,17H,2-4,9-15H2,1H3,(H,20,23). The SMILES string of the molecule is CCS(=O)(=O)N1CCCC(C(=O)NCc2ccc(S(=O)(=O)N3CCOCC3)cc2)C1. The molecule has 2 heterocycles. The second-order valence-electron chi connectivity index (χ2n) is 7.48. The first-order chi connectivity index (χ1) is 14.2. The van der Waals surface area contributed by atoms with Crippen LogP contribution in [0.5, 0.6) is 0 Å². The zero-order valence-corrected chi connectivity index (χ0v) is 18.8. The highest BCUT2D eigenvalue weighted by Gasteiger charge is 2.31. The molecule has 0 spiro atoms. The van der Waals surface area contributed by atoms with Crippen LogP contribution < -0.4 is 5.32 Å². The Morgan fingerprint density at radius 2 is 1.73 bits per heavy atom. The molecule has 2 aliphatic heterocycles. The highest BCUT2D eigenvalue weighted by atomic mass is 32.2. The van der Waals surface area contributed by atoms with E-state index in [2.05, 4.69) is 5.32 Å². The summed E-state index contributed by atoms with van der Waals surface area (Å²) in [4.78, 5) is 12.7. The largest absolute Gasteiger partial charge is 0.379 e. The minimum absolute atomic E-state index is 0.0288. The van der Waals surface area contributed by atoms with Gasteiger partial charge in [0.1, 0.15) is 0 Å². The molecule has 1 aromatic carbocycles. The monoisotopic (exact) mass is 459 g/mol. The summed E-state index contributed by atoms with van der Waals surface area (Å²) in [7, 11) is -6.84. The van der Waals surface area contributed by atoms with Gasteiger partial charge in [-0.1, -0.05) is 12.1 Å². The minimum atomic E-state index is -3.55. The number of ether oxygens (including phenoxy) is 1. The number of amides is 1. The van der Waals surface area contributed by atoms with Crippen molar-refractivity contribution in [1.29, 1.82) is 0 Å². The summed E-state index contributed by atoms with van der Waals surface area (Å²) in [6, 6.07) is 6.45. The van der Waals surface area contributed by atoms with E-state index in [1.807, 2.05) is 0 Å². The Hall–Kier alpha value is -1.53. The van der Waals surface area contributed by atoms with Gasteiger partial charge in [0.25, 0.3) is 0 Å². The summed E-state index contributed by atoms with van der Waals surface area (Å²) in [5.41, 5.74) is 0.776. The highest BCUT2D eigenvalue weighted by Crippen LogP contribution is 2.20. The first kappa shape index (κ1) is 23.1. The number of nitrogens with one attached hydrogen (secondary N) is 1. The van der Waals surface area contributed by atoms with Gasteiger partial charge in [0.05, 0.1) is 29.8 Å². The number of hydrogen-bond donors (Lipinski definition) is 1. The van der Waals surface area contributed by atoms with Gasteiger partial charge in [-0.2, -0.15) is 4.31 Å². The van der Waals surface area contributed by atoms with Crippen LogP contribution in [0.15, 0.2) is 29.2 Å². The number of carbonyl (C=O) groups excluding carboxylic acids is 1. The van der Waals surface area contributed by atoms with Crippen molar-refractivity contribution in [3.05, 3.63) is 29.8 Å². The molecule has 168 valence electrons. The molecule has 1 N–H and O–H groups in total. The summed E-state index contributed by atoms with van der Waals surface area (Å²) in [5, 5.41) is 2.84. The number of piperidine rings is 1. The molecule has 1 amide bonds. The lowest BCUT2D eigenvalue weighted by Gasteiger charge is -2.30. The molecular weight excluding hydrogens is 430 g/mol. The van der Waals surface area contributed by atoms with Crippen LogP contribution in [-0.4, -0.2) is 76.5 Å². The van der Waals surface area contributed by atoms with Gasteiger partial charge >= 0.3 is 0 Å². The second-order valence-corrected chi connectivity index (χ2v) is 11.7. The Bertz CT molecular complexity index is 941. The molecule has 0 bridgehead atoms. The highest BCUT2D eigenvalue weighted by molar-refractivity contribution is 7.89. The number of hydrogen-bond acceptors (Lipinski definition) is 6. The summed E-state index contributed by atoms with van der Waals surface area (Å²) in [6.07, 6.45) is 1.31. The maximum atomic E-state index is 12.7. The van der Waals surface area contributed by atoms with Crippen LogP contribution in [0, 0.1) is 5.92 Å². The predicted molar refractivity (Wildman–Crippen MR) is 112 cm³/mol. The van der Waals surface area contributed by atoms with Crippen LogP contribution in [0.3, 0.4) is 0 Å². The van der Waals surface area contributed by atoms with E-state index in [1.165, 1.54) is 8.61 Å². The Labute approximate surface area is 178 Å². The third-order valence-electron chi connectivity index (χ3n) is 5.51. The number of rotatable bonds is 7. The van der Waals surface area contributed by atoms with Gasteiger partial charge in [0.15, 0.2) is 0 Å². The third kappa shape index (κ3) is 5.38. The van der Waals surface area contributed by atoms with Crippen LogP contribution in [0.25, 0.3) is 0 Å². The van der Waals surface area contributed by atoms with Crippen molar-refractivity contribution in [2.24, 2.45) is 5.92 Å². The van der Waals surface area contributed by atoms with E-state index >= 15 is 0 Å². The van der Waals surface area contributed by atoms with Gasteiger partial charge in [-0.05, 0) is 37.5 Å². The van der Waals surface area contributed by atoms with Crippen molar-refractivity contribution < 1.29 is 26.4 Å². The zero-order valence-electron chi connectivity index (χ0n) is 17.1. The van der Waals surface area contributed by atoms with Gasteiger partial charge in [0, 0.05) is 32.7 Å². The van der Waals surface area contributed by atoms with Crippen LogP contribution in [-0.2, 0) is 36.1 Å². The summed E-state index contributed by atoms with van der Waals surface area (Å²) in [6.45, 7) is 3.98. The number of benzene rings is 1. The Morgan fingerprint density at radius 3 is 2.37 bits per heavy atom. The van der Waals surface area contributed by atoms with Gasteiger partial charge in [-0.3, -0.25) is 4.79 Å². The first-order valence-electron chi connectivity index (χ1n) is 10.2. The third-order valence-corrected chi connectivity index (χ3v) is 9.27. The molecule has 11 heteroatoms. The zero-order chi connectivity index (χ0) is 21.8. The number of carbonyl (C=O) groups is 1. The van der Waals surface area contributed by atoms with Crippen molar-refractivity contribution in [3.63, 3.8) is 0 Å². The molecule has 1 aromatic rings. The van der Waals surface area contributed by atoms with E-state index in [1.54, 1.807) is 31.2 Å². The quantitative estimate of drug-likeness (QED) is 0.631. The number of nitrogens with zero attached hydrogens (tertiary/aromatic N) is 2. The van der Waals surface area contributed by atoms with Gasteiger partial charge in [0.2, 0.25) is 26.0 Å². The minimum Gasteiger partial charge on any atom is -0.379 e. The fourth-order valence-corrected chi connectivity index (χ4v) is 6.23. The average molecular weight is 460 g/mol. The number of morpholine rings is 1. The van der Waals surface area contributed by atoms with Gasteiger partial charge < -0.3 is 10.1 Å². The van der Waals surface area contributed by atoms with E-state index in [4.69, 9.17) is 4.74 Å². The molecule has 30 heavy (non-hydrogen) atoms. The molecule has 0 aromatic heterocycles. The van der Waals surface area contributed by atoms with Crippen molar-refractivity contribution in [1.82, 2.24) is 13.9 Å². The Balaban J connectivity index is 1.56. The summed E-state index contributed by atoms with van der Waals surface area (Å²) >= 11 is 0. The lowest BCUT2D eigenvalue weighted by Crippen LogP contribution is -2.45. The molecule has 0 saturated carbocycles. The molecule has 1 unspecified atom stereocenters. The van der Waals surface area contributed by atoms with E-state index in [-0.39, 0.29) is 35.6 Å². The van der Waals surface area contributed by atoms with Crippen LogP contribution in [0.4, 0.5) is 0 Å². The first-order valence-corrected chi connectivity index (χ1v) is 13.2. The van der Waals surface area contributed by atoms with Crippen LogP contribution >= 0.6 is 0 Å². The molecule has 1 atom stereocenters. The van der Waals surface area contributed by atoms with Crippen molar-refractivity contribution >= 4 is 26.0 Å². The van der Waals surface area contributed by atoms with Crippen molar-refractivity contribution in [2.45, 2.75) is 31.2 Å². The lowest BCUT2D eigenvalue weighted by molar-refractivity contribution is -0.126. The molecule has 0 aliphatic carbocycles. The Morgan fingerprint density at radius 1 is 1.07 bits per heavy atom. The Kier molecular flexibility index (Phi) is 7.51. The summed E-state index contributed by atoms with van der Waals surface area (Å²) < 4.78 is 57.4. The van der Waals surface area contributed by atoms with E-state index < -0.39 is 20.0 Å². The van der Waals surface area contributed by atoms with Crippen molar-refractivity contribution in [2.75, 3.05) is 45.1 Å². The molecule has 9 nitrogen and oxygen atoms in total. The number of sulfonamides is 2. The molecule has 0 radical (unpaired) electrons. The van der Waals surface area contributed by atoms with Gasteiger partial charge in [-0.25, -0.2) is 21.1 Å². The average Bonchev–Trinajstić information content (AvgIpc) is 2.78. The smallest absolute Gasteiger partial charge is 0.243 e. The van der Waals surface area contributed by atoms with Crippen molar-refractivity contribution in [3.8, 4) is 0 Å². The normalized spacial score (nSPS) is 22.0. The molecule has 3 rings (SSSR count). The molecule has 2 saturated heterocycles. The van der Waals surface area contributed by atoms with Crippen LogP contribution in [0.2, 0.25) is 0 Å². The lowest BCUT2D eigenvalue weighted by atomic mass is 9.99. The van der Waals surface area contributed by atoms with Gasteiger partial charge in [-0.15, -0.1) is 0 Å². The molecule has 2 fully saturated rings. The second kappa shape index (κ2) is 9.73.